The number of halogens is 1. The molecule has 2 rings (SSSR count). The average molecular weight is 360 g/mol. The van der Waals surface area contributed by atoms with Gasteiger partial charge >= 0.3 is 0 Å². The Morgan fingerprint density at radius 1 is 1.28 bits per heavy atom. The summed E-state index contributed by atoms with van der Waals surface area (Å²) < 4.78 is 6.63. The number of rotatable bonds is 5. The van der Waals surface area contributed by atoms with Gasteiger partial charge in [0.1, 0.15) is 0 Å². The molecule has 0 amide bonds. The Morgan fingerprint density at radius 3 is 2.61 bits per heavy atom. The summed E-state index contributed by atoms with van der Waals surface area (Å²) in [6, 6.07) is 9.15. The van der Waals surface area contributed by atoms with Crippen molar-refractivity contribution >= 4 is 22.6 Å². The van der Waals surface area contributed by atoms with Gasteiger partial charge in [-0.05, 0) is 47.2 Å². The van der Waals surface area contributed by atoms with E-state index in [9.17, 15) is 0 Å². The number of nitrogens with one attached hydrogen (secondary N) is 1. The molecule has 0 bridgehead atoms. The van der Waals surface area contributed by atoms with E-state index in [1.165, 1.54) is 9.13 Å². The van der Waals surface area contributed by atoms with Gasteiger partial charge in [0.05, 0.1) is 13.2 Å². The van der Waals surface area contributed by atoms with Crippen LogP contribution in [-0.4, -0.2) is 44.3 Å². The minimum atomic E-state index is 0.419. The predicted octanol–water partition coefficient (Wildman–Crippen LogP) is 2.27. The van der Waals surface area contributed by atoms with E-state index in [2.05, 4.69) is 64.0 Å². The molecule has 1 aliphatic heterocycles. The van der Waals surface area contributed by atoms with Crippen molar-refractivity contribution in [2.75, 3.05) is 39.4 Å². The Bertz CT molecular complexity index is 349. The second-order valence-corrected chi connectivity index (χ2v) is 5.93. The standard InChI is InChI=1S/C14H21IN2O/c1-12(13-2-4-14(15)5-3-13)16-6-7-17-8-10-18-11-9-17/h2-5,12,16H,6-11H2,1H3. The normalized spacial score (nSPS) is 18.8. The fourth-order valence-corrected chi connectivity index (χ4v) is 2.49. The zero-order valence-corrected chi connectivity index (χ0v) is 13.0. The third-order valence-electron chi connectivity index (χ3n) is 3.35. The van der Waals surface area contributed by atoms with Crippen LogP contribution < -0.4 is 5.32 Å². The Hall–Kier alpha value is -0.170. The first-order chi connectivity index (χ1) is 8.75. The largest absolute Gasteiger partial charge is 0.379 e. The van der Waals surface area contributed by atoms with Crippen molar-refractivity contribution in [3.05, 3.63) is 33.4 Å². The van der Waals surface area contributed by atoms with E-state index >= 15 is 0 Å². The first-order valence-corrected chi connectivity index (χ1v) is 7.62. The topological polar surface area (TPSA) is 24.5 Å². The summed E-state index contributed by atoms with van der Waals surface area (Å²) in [7, 11) is 0. The fraction of sp³-hybridized carbons (Fsp3) is 0.571. The molecule has 3 nitrogen and oxygen atoms in total. The molecule has 1 fully saturated rings. The summed E-state index contributed by atoms with van der Waals surface area (Å²) in [4.78, 5) is 2.46. The SMILES string of the molecule is CC(NCCN1CCOCC1)c1ccc(I)cc1. The predicted molar refractivity (Wildman–Crippen MR) is 82.8 cm³/mol. The number of hydrogen-bond acceptors (Lipinski definition) is 3. The van der Waals surface area contributed by atoms with Gasteiger partial charge in [0.2, 0.25) is 0 Å². The first kappa shape index (κ1) is 14.2. The molecule has 1 saturated heterocycles. The quantitative estimate of drug-likeness (QED) is 0.816. The van der Waals surface area contributed by atoms with Crippen molar-refractivity contribution in [1.82, 2.24) is 10.2 Å². The smallest absolute Gasteiger partial charge is 0.0594 e. The third kappa shape index (κ3) is 4.50. The molecule has 1 aromatic carbocycles. The van der Waals surface area contributed by atoms with Crippen molar-refractivity contribution in [3.8, 4) is 0 Å². The molecule has 0 saturated carbocycles. The molecule has 1 aromatic rings. The van der Waals surface area contributed by atoms with Gasteiger partial charge in [-0.3, -0.25) is 4.90 Å². The molecule has 18 heavy (non-hydrogen) atoms. The second kappa shape index (κ2) is 7.43. The number of ether oxygens (including phenoxy) is 1. The van der Waals surface area contributed by atoms with Gasteiger partial charge in [-0.25, -0.2) is 0 Å². The maximum absolute atomic E-state index is 5.34. The fourth-order valence-electron chi connectivity index (χ4n) is 2.13. The third-order valence-corrected chi connectivity index (χ3v) is 4.07. The minimum Gasteiger partial charge on any atom is -0.379 e. The molecule has 0 spiro atoms. The van der Waals surface area contributed by atoms with Crippen LogP contribution in [0.3, 0.4) is 0 Å². The Labute approximate surface area is 123 Å². The highest BCUT2D eigenvalue weighted by Gasteiger charge is 2.10. The molecule has 1 N–H and O–H groups in total. The summed E-state index contributed by atoms with van der Waals surface area (Å²) in [5.41, 5.74) is 1.36. The van der Waals surface area contributed by atoms with Crippen LogP contribution in [0.1, 0.15) is 18.5 Å². The molecule has 0 radical (unpaired) electrons. The van der Waals surface area contributed by atoms with Gasteiger partial charge in [0.25, 0.3) is 0 Å². The molecule has 4 heteroatoms. The second-order valence-electron chi connectivity index (χ2n) is 4.68. The highest BCUT2D eigenvalue weighted by Crippen LogP contribution is 2.14. The Balaban J connectivity index is 1.70. The maximum Gasteiger partial charge on any atom is 0.0594 e. The van der Waals surface area contributed by atoms with E-state index in [0.717, 1.165) is 39.4 Å². The highest BCUT2D eigenvalue weighted by molar-refractivity contribution is 14.1. The van der Waals surface area contributed by atoms with Crippen molar-refractivity contribution in [2.45, 2.75) is 13.0 Å². The molecule has 1 aliphatic rings. The average Bonchev–Trinajstić information content (AvgIpc) is 2.40. The number of benzene rings is 1. The van der Waals surface area contributed by atoms with E-state index < -0.39 is 0 Å². The summed E-state index contributed by atoms with van der Waals surface area (Å²) in [5, 5.41) is 3.58. The number of hydrogen-bond donors (Lipinski definition) is 1. The summed E-state index contributed by atoms with van der Waals surface area (Å²) >= 11 is 2.34. The zero-order valence-electron chi connectivity index (χ0n) is 10.9. The van der Waals surface area contributed by atoms with Crippen LogP contribution in [0.5, 0.6) is 0 Å². The van der Waals surface area contributed by atoms with Gasteiger partial charge in [-0.1, -0.05) is 12.1 Å². The lowest BCUT2D eigenvalue weighted by Crippen LogP contribution is -2.40. The monoisotopic (exact) mass is 360 g/mol. The van der Waals surface area contributed by atoms with Crippen LogP contribution in [0.2, 0.25) is 0 Å². The minimum absolute atomic E-state index is 0.419. The van der Waals surface area contributed by atoms with Crippen LogP contribution in [-0.2, 0) is 4.74 Å². The molecular weight excluding hydrogens is 339 g/mol. The van der Waals surface area contributed by atoms with Gasteiger partial charge in [0.15, 0.2) is 0 Å². The molecular formula is C14H21IN2O. The number of morpholine rings is 1. The van der Waals surface area contributed by atoms with Crippen LogP contribution in [0.25, 0.3) is 0 Å². The molecule has 1 atom stereocenters. The van der Waals surface area contributed by atoms with Crippen LogP contribution in [0.15, 0.2) is 24.3 Å². The van der Waals surface area contributed by atoms with Crippen LogP contribution in [0, 0.1) is 3.57 Å². The lowest BCUT2D eigenvalue weighted by Gasteiger charge is -2.27. The highest BCUT2D eigenvalue weighted by atomic mass is 127. The first-order valence-electron chi connectivity index (χ1n) is 6.54. The van der Waals surface area contributed by atoms with E-state index in [-0.39, 0.29) is 0 Å². The lowest BCUT2D eigenvalue weighted by molar-refractivity contribution is 0.0382. The van der Waals surface area contributed by atoms with Crippen LogP contribution in [0.4, 0.5) is 0 Å². The summed E-state index contributed by atoms with van der Waals surface area (Å²) in [6.45, 7) is 8.27. The molecule has 0 aromatic heterocycles. The van der Waals surface area contributed by atoms with Gasteiger partial charge in [-0.15, -0.1) is 0 Å². The molecule has 100 valence electrons. The van der Waals surface area contributed by atoms with Crippen molar-refractivity contribution in [2.24, 2.45) is 0 Å². The molecule has 1 unspecified atom stereocenters. The van der Waals surface area contributed by atoms with E-state index in [1.54, 1.807) is 0 Å². The lowest BCUT2D eigenvalue weighted by atomic mass is 10.1. The van der Waals surface area contributed by atoms with E-state index in [0.29, 0.717) is 6.04 Å². The van der Waals surface area contributed by atoms with Crippen molar-refractivity contribution in [3.63, 3.8) is 0 Å². The summed E-state index contributed by atoms with van der Waals surface area (Å²) in [6.07, 6.45) is 0. The van der Waals surface area contributed by atoms with E-state index in [1.807, 2.05) is 0 Å². The Morgan fingerprint density at radius 2 is 1.94 bits per heavy atom. The Kier molecular flexibility index (Phi) is 5.88. The molecule has 1 heterocycles. The van der Waals surface area contributed by atoms with Crippen LogP contribution >= 0.6 is 22.6 Å². The molecule has 0 aliphatic carbocycles. The van der Waals surface area contributed by atoms with Gasteiger partial charge in [-0.2, -0.15) is 0 Å². The summed E-state index contributed by atoms with van der Waals surface area (Å²) in [5.74, 6) is 0. The van der Waals surface area contributed by atoms with Crippen molar-refractivity contribution < 1.29 is 4.74 Å². The maximum atomic E-state index is 5.34. The van der Waals surface area contributed by atoms with Gasteiger partial charge in [0, 0.05) is 35.8 Å². The number of nitrogens with zero attached hydrogens (tertiary/aromatic N) is 1. The van der Waals surface area contributed by atoms with E-state index in [4.69, 9.17) is 4.74 Å². The van der Waals surface area contributed by atoms with Crippen molar-refractivity contribution in [1.29, 1.82) is 0 Å². The van der Waals surface area contributed by atoms with Gasteiger partial charge < -0.3 is 10.1 Å². The zero-order chi connectivity index (χ0) is 12.8.